The van der Waals surface area contributed by atoms with E-state index >= 15 is 0 Å². The van der Waals surface area contributed by atoms with Gasteiger partial charge in [-0.2, -0.15) is 5.10 Å². The van der Waals surface area contributed by atoms with Crippen molar-refractivity contribution in [3.63, 3.8) is 0 Å². The molecule has 0 aliphatic rings. The third kappa shape index (κ3) is 2.46. The van der Waals surface area contributed by atoms with E-state index in [-0.39, 0.29) is 11.0 Å². The molecular formula is C16H20N2O2. The number of nitrogens with zero attached hydrogens (tertiary/aromatic N) is 2. The Morgan fingerprint density at radius 2 is 1.95 bits per heavy atom. The van der Waals surface area contributed by atoms with Crippen LogP contribution in [0.3, 0.4) is 0 Å². The first kappa shape index (κ1) is 14.3. The van der Waals surface area contributed by atoms with Crippen molar-refractivity contribution < 1.29 is 9.90 Å². The molecule has 2 rings (SSSR count). The molecule has 0 radical (unpaired) electrons. The molecule has 0 spiro atoms. The molecule has 20 heavy (non-hydrogen) atoms. The molecule has 4 nitrogen and oxygen atoms in total. The summed E-state index contributed by atoms with van der Waals surface area (Å²) in [5.41, 5.74) is 2.80. The molecule has 1 aromatic carbocycles. The standard InChI is InChI=1S/C16H20N2O2/c1-5-11-8-6-7-9-13(11)18-14(16(2,3)4)12(10-17-18)15(19)20/h6-10H,5H2,1-4H3,(H,19,20). The zero-order chi connectivity index (χ0) is 14.9. The van der Waals surface area contributed by atoms with Crippen LogP contribution in [0.2, 0.25) is 0 Å². The van der Waals surface area contributed by atoms with Crippen molar-refractivity contribution in [1.82, 2.24) is 9.78 Å². The maximum Gasteiger partial charge on any atom is 0.339 e. The van der Waals surface area contributed by atoms with Gasteiger partial charge in [0.1, 0.15) is 5.56 Å². The third-order valence-electron chi connectivity index (χ3n) is 3.31. The minimum Gasteiger partial charge on any atom is -0.478 e. The van der Waals surface area contributed by atoms with Crippen LogP contribution < -0.4 is 0 Å². The van der Waals surface area contributed by atoms with Gasteiger partial charge in [-0.15, -0.1) is 0 Å². The maximum atomic E-state index is 11.4. The van der Waals surface area contributed by atoms with Crippen LogP contribution in [0.1, 0.15) is 49.3 Å². The number of carboxylic acid groups (broad SMARTS) is 1. The van der Waals surface area contributed by atoms with Gasteiger partial charge in [0.15, 0.2) is 0 Å². The van der Waals surface area contributed by atoms with Crippen LogP contribution >= 0.6 is 0 Å². The molecule has 106 valence electrons. The number of rotatable bonds is 3. The Morgan fingerprint density at radius 3 is 2.50 bits per heavy atom. The Balaban J connectivity index is 2.72. The SMILES string of the molecule is CCc1ccccc1-n1ncc(C(=O)O)c1C(C)(C)C. The molecule has 1 N–H and O–H groups in total. The van der Waals surface area contributed by atoms with E-state index in [4.69, 9.17) is 0 Å². The molecule has 4 heteroatoms. The highest BCUT2D eigenvalue weighted by molar-refractivity contribution is 5.89. The highest BCUT2D eigenvalue weighted by Gasteiger charge is 2.28. The lowest BCUT2D eigenvalue weighted by molar-refractivity contribution is 0.0694. The Morgan fingerprint density at radius 1 is 1.30 bits per heavy atom. The van der Waals surface area contributed by atoms with Gasteiger partial charge in [-0.1, -0.05) is 45.9 Å². The molecule has 0 bridgehead atoms. The van der Waals surface area contributed by atoms with Gasteiger partial charge in [-0.05, 0) is 18.1 Å². The number of hydrogen-bond acceptors (Lipinski definition) is 2. The van der Waals surface area contributed by atoms with Gasteiger partial charge in [-0.3, -0.25) is 0 Å². The smallest absolute Gasteiger partial charge is 0.339 e. The summed E-state index contributed by atoms with van der Waals surface area (Å²) in [5.74, 6) is -0.935. The third-order valence-corrected chi connectivity index (χ3v) is 3.31. The van der Waals surface area contributed by atoms with Gasteiger partial charge in [-0.25, -0.2) is 9.48 Å². The summed E-state index contributed by atoms with van der Waals surface area (Å²) in [5, 5.41) is 13.7. The monoisotopic (exact) mass is 272 g/mol. The molecule has 0 saturated heterocycles. The molecule has 0 fully saturated rings. The summed E-state index contributed by atoms with van der Waals surface area (Å²) in [4.78, 5) is 11.4. The maximum absolute atomic E-state index is 11.4. The van der Waals surface area contributed by atoms with E-state index in [9.17, 15) is 9.90 Å². The first-order valence-corrected chi connectivity index (χ1v) is 6.76. The van der Waals surface area contributed by atoms with Crippen molar-refractivity contribution >= 4 is 5.97 Å². The number of aromatic carboxylic acids is 1. The molecule has 0 atom stereocenters. The summed E-state index contributed by atoms with van der Waals surface area (Å²) >= 11 is 0. The lowest BCUT2D eigenvalue weighted by Crippen LogP contribution is -2.21. The summed E-state index contributed by atoms with van der Waals surface area (Å²) in [6.07, 6.45) is 2.32. The van der Waals surface area contributed by atoms with Crippen LogP contribution in [0, 0.1) is 0 Å². The molecule has 0 saturated carbocycles. The van der Waals surface area contributed by atoms with Crippen LogP contribution in [0.5, 0.6) is 0 Å². The number of aromatic nitrogens is 2. The summed E-state index contributed by atoms with van der Waals surface area (Å²) < 4.78 is 1.77. The van der Waals surface area contributed by atoms with Gasteiger partial charge in [0.2, 0.25) is 0 Å². The minimum absolute atomic E-state index is 0.267. The Bertz CT molecular complexity index is 636. The number of para-hydroxylation sites is 1. The largest absolute Gasteiger partial charge is 0.478 e. The van der Waals surface area contributed by atoms with E-state index in [1.165, 1.54) is 6.20 Å². The van der Waals surface area contributed by atoms with E-state index in [0.717, 1.165) is 23.4 Å². The van der Waals surface area contributed by atoms with Crippen molar-refractivity contribution in [1.29, 1.82) is 0 Å². The van der Waals surface area contributed by atoms with Gasteiger partial charge >= 0.3 is 5.97 Å². The average Bonchev–Trinajstić information content (AvgIpc) is 2.83. The predicted octanol–water partition coefficient (Wildman–Crippen LogP) is 3.43. The lowest BCUT2D eigenvalue weighted by Gasteiger charge is -2.22. The Kier molecular flexibility index (Phi) is 3.66. The van der Waals surface area contributed by atoms with Gasteiger partial charge < -0.3 is 5.11 Å². The van der Waals surface area contributed by atoms with E-state index in [1.807, 2.05) is 45.0 Å². The molecule has 1 aromatic heterocycles. The van der Waals surface area contributed by atoms with E-state index in [0.29, 0.717) is 0 Å². The van der Waals surface area contributed by atoms with Crippen LogP contribution in [-0.2, 0) is 11.8 Å². The summed E-state index contributed by atoms with van der Waals surface area (Å²) in [6.45, 7) is 8.09. The highest BCUT2D eigenvalue weighted by atomic mass is 16.4. The normalized spacial score (nSPS) is 11.6. The number of hydrogen-bond donors (Lipinski definition) is 1. The second kappa shape index (κ2) is 5.12. The summed E-state index contributed by atoms with van der Waals surface area (Å²) in [7, 11) is 0. The van der Waals surface area contributed by atoms with Crippen molar-refractivity contribution in [3.05, 3.63) is 47.3 Å². The Labute approximate surface area is 119 Å². The fourth-order valence-electron chi connectivity index (χ4n) is 2.43. The van der Waals surface area contributed by atoms with E-state index in [2.05, 4.69) is 12.0 Å². The fourth-order valence-corrected chi connectivity index (χ4v) is 2.43. The van der Waals surface area contributed by atoms with Crippen molar-refractivity contribution in [2.75, 3.05) is 0 Å². The zero-order valence-corrected chi connectivity index (χ0v) is 12.3. The fraction of sp³-hybridized carbons (Fsp3) is 0.375. The van der Waals surface area contributed by atoms with Crippen molar-refractivity contribution in [2.45, 2.75) is 39.5 Å². The number of carbonyl (C=O) groups is 1. The summed E-state index contributed by atoms with van der Waals surface area (Å²) in [6, 6.07) is 7.96. The van der Waals surface area contributed by atoms with E-state index in [1.54, 1.807) is 4.68 Å². The molecule has 2 aromatic rings. The molecular weight excluding hydrogens is 252 g/mol. The molecule has 0 aliphatic carbocycles. The second-order valence-electron chi connectivity index (χ2n) is 5.86. The number of carboxylic acids is 1. The Hall–Kier alpha value is -2.10. The highest BCUT2D eigenvalue weighted by Crippen LogP contribution is 2.29. The van der Waals surface area contributed by atoms with Gasteiger partial charge in [0, 0.05) is 5.41 Å². The molecule has 1 heterocycles. The zero-order valence-electron chi connectivity index (χ0n) is 12.3. The first-order chi connectivity index (χ1) is 9.36. The van der Waals surface area contributed by atoms with Crippen LogP contribution in [-0.4, -0.2) is 20.9 Å². The van der Waals surface area contributed by atoms with Gasteiger partial charge in [0.05, 0.1) is 17.6 Å². The molecule has 0 aliphatic heterocycles. The molecule has 0 amide bonds. The minimum atomic E-state index is -0.935. The van der Waals surface area contributed by atoms with E-state index < -0.39 is 5.97 Å². The number of aryl methyl sites for hydroxylation is 1. The van der Waals surface area contributed by atoms with Crippen molar-refractivity contribution in [2.24, 2.45) is 0 Å². The van der Waals surface area contributed by atoms with Crippen LogP contribution in [0.15, 0.2) is 30.5 Å². The quantitative estimate of drug-likeness (QED) is 0.931. The predicted molar refractivity (Wildman–Crippen MR) is 78.6 cm³/mol. The topological polar surface area (TPSA) is 55.1 Å². The lowest BCUT2D eigenvalue weighted by atomic mass is 9.89. The number of benzene rings is 1. The van der Waals surface area contributed by atoms with Crippen molar-refractivity contribution in [3.8, 4) is 5.69 Å². The second-order valence-corrected chi connectivity index (χ2v) is 5.86. The van der Waals surface area contributed by atoms with Crippen LogP contribution in [0.4, 0.5) is 0 Å². The molecule has 0 unspecified atom stereocenters. The van der Waals surface area contributed by atoms with Crippen LogP contribution in [0.25, 0.3) is 5.69 Å². The van der Waals surface area contributed by atoms with Gasteiger partial charge in [0.25, 0.3) is 0 Å². The average molecular weight is 272 g/mol. The first-order valence-electron chi connectivity index (χ1n) is 6.76.